The minimum Gasteiger partial charge on any atom is -0.460 e. The lowest BCUT2D eigenvalue weighted by Gasteiger charge is -2.29. The topological polar surface area (TPSA) is 73.3 Å². The standard InChI is InChI=1S/C18H17ClF3N3O3/c19-11-9-23-17(24-10-11)27-13-7-5-12(6-8-13)25-16(26)14-3-1-2-4-15(14)28-18(20,21)22/h1-4,9-10,12-13H,5-8H2,(H,25,26). The van der Waals surface area contributed by atoms with E-state index >= 15 is 0 Å². The Morgan fingerprint density at radius 2 is 1.75 bits per heavy atom. The van der Waals surface area contributed by atoms with Crippen molar-refractivity contribution in [1.82, 2.24) is 15.3 Å². The Morgan fingerprint density at radius 3 is 2.39 bits per heavy atom. The predicted octanol–water partition coefficient (Wildman–Crippen LogP) is 4.15. The molecule has 6 nitrogen and oxygen atoms in total. The van der Waals surface area contributed by atoms with Crippen molar-refractivity contribution in [3.63, 3.8) is 0 Å². The lowest BCUT2D eigenvalue weighted by molar-refractivity contribution is -0.274. The number of hydrogen-bond acceptors (Lipinski definition) is 5. The second-order valence-electron chi connectivity index (χ2n) is 6.29. The third-order valence-corrected chi connectivity index (χ3v) is 4.43. The lowest BCUT2D eigenvalue weighted by Crippen LogP contribution is -2.40. The van der Waals surface area contributed by atoms with Crippen molar-refractivity contribution in [1.29, 1.82) is 0 Å². The fraction of sp³-hybridized carbons (Fsp3) is 0.389. The molecule has 1 heterocycles. The molecule has 0 bridgehead atoms. The number of halogens is 4. The highest BCUT2D eigenvalue weighted by Crippen LogP contribution is 2.27. The van der Waals surface area contributed by atoms with Crippen molar-refractivity contribution in [3.8, 4) is 11.8 Å². The van der Waals surface area contributed by atoms with Gasteiger partial charge in [-0.05, 0) is 37.8 Å². The van der Waals surface area contributed by atoms with E-state index in [2.05, 4.69) is 20.0 Å². The van der Waals surface area contributed by atoms with Crippen molar-refractivity contribution in [2.75, 3.05) is 0 Å². The van der Waals surface area contributed by atoms with Gasteiger partial charge in [-0.1, -0.05) is 23.7 Å². The number of hydrogen-bond donors (Lipinski definition) is 1. The highest BCUT2D eigenvalue weighted by atomic mass is 35.5. The Bertz CT molecular complexity index is 810. The maximum atomic E-state index is 12.5. The number of alkyl halides is 3. The Labute approximate surface area is 164 Å². The van der Waals surface area contributed by atoms with E-state index in [-0.39, 0.29) is 23.7 Å². The number of para-hydroxylation sites is 1. The van der Waals surface area contributed by atoms with E-state index < -0.39 is 18.0 Å². The van der Waals surface area contributed by atoms with Gasteiger partial charge in [0.1, 0.15) is 11.9 Å². The second-order valence-corrected chi connectivity index (χ2v) is 6.73. The summed E-state index contributed by atoms with van der Waals surface area (Å²) in [5.74, 6) is -1.13. The molecule has 0 saturated heterocycles. The summed E-state index contributed by atoms with van der Waals surface area (Å²) in [7, 11) is 0. The minimum absolute atomic E-state index is 0.102. The minimum atomic E-state index is -4.87. The van der Waals surface area contributed by atoms with E-state index in [0.717, 1.165) is 6.07 Å². The largest absolute Gasteiger partial charge is 0.573 e. The Hall–Kier alpha value is -2.55. The number of amides is 1. The zero-order chi connectivity index (χ0) is 20.1. The number of carbonyl (C=O) groups is 1. The number of benzene rings is 1. The van der Waals surface area contributed by atoms with Crippen molar-refractivity contribution in [2.24, 2.45) is 0 Å². The summed E-state index contributed by atoms with van der Waals surface area (Å²) < 4.78 is 47.1. The van der Waals surface area contributed by atoms with Gasteiger partial charge in [-0.25, -0.2) is 9.97 Å². The molecule has 1 aromatic carbocycles. The molecule has 10 heteroatoms. The molecule has 0 aliphatic heterocycles. The Balaban J connectivity index is 1.53. The fourth-order valence-electron chi connectivity index (χ4n) is 2.97. The van der Waals surface area contributed by atoms with Gasteiger partial charge in [-0.3, -0.25) is 4.79 Å². The van der Waals surface area contributed by atoms with Gasteiger partial charge in [0.2, 0.25) is 0 Å². The molecular weight excluding hydrogens is 399 g/mol. The molecular formula is C18H17ClF3N3O3. The molecule has 1 aliphatic carbocycles. The zero-order valence-electron chi connectivity index (χ0n) is 14.6. The summed E-state index contributed by atoms with van der Waals surface area (Å²) in [5.41, 5.74) is -0.159. The van der Waals surface area contributed by atoms with Crippen molar-refractivity contribution < 1.29 is 27.4 Å². The number of rotatable bonds is 5. The van der Waals surface area contributed by atoms with Crippen LogP contribution in [0.5, 0.6) is 11.8 Å². The Morgan fingerprint density at radius 1 is 1.11 bits per heavy atom. The SMILES string of the molecule is O=C(NC1CCC(Oc2ncc(Cl)cn2)CC1)c1ccccc1OC(F)(F)F. The van der Waals surface area contributed by atoms with Crippen LogP contribution in [0.15, 0.2) is 36.7 Å². The van der Waals surface area contributed by atoms with E-state index in [1.54, 1.807) is 0 Å². The van der Waals surface area contributed by atoms with Gasteiger partial charge in [0, 0.05) is 6.04 Å². The summed E-state index contributed by atoms with van der Waals surface area (Å²) in [4.78, 5) is 20.4. The molecule has 0 spiro atoms. The van der Waals surface area contributed by atoms with Gasteiger partial charge < -0.3 is 14.8 Å². The van der Waals surface area contributed by atoms with Gasteiger partial charge in [0.25, 0.3) is 5.91 Å². The molecule has 150 valence electrons. The number of carbonyl (C=O) groups excluding carboxylic acids is 1. The summed E-state index contributed by atoms with van der Waals surface area (Å²) in [6.45, 7) is 0. The van der Waals surface area contributed by atoms with E-state index in [9.17, 15) is 18.0 Å². The maximum absolute atomic E-state index is 12.5. The van der Waals surface area contributed by atoms with Gasteiger partial charge in [0.05, 0.1) is 23.0 Å². The van der Waals surface area contributed by atoms with E-state index in [0.29, 0.717) is 30.7 Å². The van der Waals surface area contributed by atoms with Crippen LogP contribution >= 0.6 is 11.6 Å². The van der Waals surface area contributed by atoms with Crippen LogP contribution in [0.2, 0.25) is 5.02 Å². The molecule has 0 unspecified atom stereocenters. The van der Waals surface area contributed by atoms with Crippen LogP contribution in [-0.2, 0) is 0 Å². The predicted molar refractivity (Wildman–Crippen MR) is 94.3 cm³/mol. The third-order valence-electron chi connectivity index (χ3n) is 4.24. The fourth-order valence-corrected chi connectivity index (χ4v) is 3.06. The van der Waals surface area contributed by atoms with Crippen LogP contribution in [0, 0.1) is 0 Å². The molecule has 1 fully saturated rings. The van der Waals surface area contributed by atoms with Gasteiger partial charge in [-0.15, -0.1) is 13.2 Å². The van der Waals surface area contributed by atoms with E-state index in [1.807, 2.05) is 0 Å². The van der Waals surface area contributed by atoms with Gasteiger partial charge in [0.15, 0.2) is 0 Å². The molecule has 2 aromatic rings. The third kappa shape index (κ3) is 5.72. The molecule has 1 aliphatic rings. The molecule has 1 saturated carbocycles. The highest BCUT2D eigenvalue weighted by molar-refractivity contribution is 6.30. The summed E-state index contributed by atoms with van der Waals surface area (Å²) >= 11 is 5.73. The average molecular weight is 416 g/mol. The van der Waals surface area contributed by atoms with Crippen LogP contribution in [0.3, 0.4) is 0 Å². The highest BCUT2D eigenvalue weighted by Gasteiger charge is 2.33. The molecule has 1 aromatic heterocycles. The summed E-state index contributed by atoms with van der Waals surface area (Å²) in [6.07, 6.45) is 0.450. The first kappa shape index (κ1) is 20.2. The first-order valence-electron chi connectivity index (χ1n) is 8.60. The number of nitrogens with one attached hydrogen (secondary N) is 1. The van der Waals surface area contributed by atoms with Crippen molar-refractivity contribution in [2.45, 2.75) is 44.2 Å². The second kappa shape index (κ2) is 8.64. The van der Waals surface area contributed by atoms with Crippen LogP contribution < -0.4 is 14.8 Å². The van der Waals surface area contributed by atoms with E-state index in [1.165, 1.54) is 30.6 Å². The molecule has 1 amide bonds. The van der Waals surface area contributed by atoms with Crippen molar-refractivity contribution in [3.05, 3.63) is 47.2 Å². The molecule has 28 heavy (non-hydrogen) atoms. The molecule has 3 rings (SSSR count). The zero-order valence-corrected chi connectivity index (χ0v) is 15.3. The monoisotopic (exact) mass is 415 g/mol. The number of nitrogens with zero attached hydrogens (tertiary/aromatic N) is 2. The quantitative estimate of drug-likeness (QED) is 0.794. The average Bonchev–Trinajstić information content (AvgIpc) is 2.64. The maximum Gasteiger partial charge on any atom is 0.573 e. The smallest absolute Gasteiger partial charge is 0.460 e. The normalized spacial score (nSPS) is 19.7. The molecule has 0 radical (unpaired) electrons. The summed E-state index contributed by atoms with van der Waals surface area (Å²) in [5, 5.41) is 3.17. The number of aromatic nitrogens is 2. The first-order valence-corrected chi connectivity index (χ1v) is 8.98. The lowest BCUT2D eigenvalue weighted by atomic mass is 9.92. The van der Waals surface area contributed by atoms with Crippen molar-refractivity contribution >= 4 is 17.5 Å². The summed E-state index contributed by atoms with van der Waals surface area (Å²) in [6, 6.07) is 5.32. The first-order chi connectivity index (χ1) is 13.3. The molecule has 1 N–H and O–H groups in total. The van der Waals surface area contributed by atoms with Crippen LogP contribution in [0.4, 0.5) is 13.2 Å². The Kier molecular flexibility index (Phi) is 6.23. The van der Waals surface area contributed by atoms with Crippen LogP contribution in [0.1, 0.15) is 36.0 Å². The van der Waals surface area contributed by atoms with Gasteiger partial charge >= 0.3 is 12.4 Å². The molecule has 0 atom stereocenters. The number of ether oxygens (including phenoxy) is 2. The van der Waals surface area contributed by atoms with E-state index in [4.69, 9.17) is 16.3 Å². The van der Waals surface area contributed by atoms with Crippen LogP contribution in [-0.4, -0.2) is 34.4 Å². The van der Waals surface area contributed by atoms with Crippen LogP contribution in [0.25, 0.3) is 0 Å². The van der Waals surface area contributed by atoms with Gasteiger partial charge in [-0.2, -0.15) is 0 Å².